The molecule has 0 fully saturated rings. The Morgan fingerprint density at radius 1 is 0.357 bits per heavy atom. The van der Waals surface area contributed by atoms with Crippen molar-refractivity contribution in [3.8, 4) is 0 Å². The molecule has 12 rings (SSSR count). The minimum absolute atomic E-state index is 0.579. The van der Waals surface area contributed by atoms with Crippen LogP contribution in [0.1, 0.15) is 44.5 Å². The van der Waals surface area contributed by atoms with Crippen molar-refractivity contribution in [1.82, 2.24) is 5.32 Å². The van der Waals surface area contributed by atoms with Crippen LogP contribution in [0.3, 0.4) is 0 Å². The van der Waals surface area contributed by atoms with Gasteiger partial charge in [0.25, 0.3) is 0 Å². The van der Waals surface area contributed by atoms with Gasteiger partial charge in [-0.05, 0) is 0 Å². The van der Waals surface area contributed by atoms with Crippen LogP contribution in [0.15, 0.2) is 176 Å². The van der Waals surface area contributed by atoms with Gasteiger partial charge >= 0.3 is 326 Å². The van der Waals surface area contributed by atoms with Crippen molar-refractivity contribution in [1.29, 1.82) is 0 Å². The molecule has 0 radical (unpaired) electrons. The first kappa shape index (κ1) is 31.3. The zero-order valence-electron chi connectivity index (χ0n) is 29.8. The average Bonchev–Trinajstić information content (AvgIpc) is 3.86. The molecule has 0 atom stereocenters. The minimum atomic E-state index is 0.579. The Labute approximate surface area is 330 Å². The van der Waals surface area contributed by atoms with Gasteiger partial charge in [0, 0.05) is 0 Å². The van der Waals surface area contributed by atoms with Gasteiger partial charge in [-0.25, -0.2) is 0 Å². The van der Waals surface area contributed by atoms with Gasteiger partial charge < -0.3 is 0 Å². The number of nitrogens with one attached hydrogen (secondary N) is 1. The number of rotatable bonds is 0. The van der Waals surface area contributed by atoms with Gasteiger partial charge in [0.15, 0.2) is 0 Å². The predicted molar refractivity (Wildman–Crippen MR) is 226 cm³/mol. The van der Waals surface area contributed by atoms with Gasteiger partial charge in [0.2, 0.25) is 0 Å². The topological polar surface area (TPSA) is 86.2 Å². The van der Waals surface area contributed by atoms with E-state index in [0.717, 1.165) is 110 Å². The summed E-state index contributed by atoms with van der Waals surface area (Å²) in [6.07, 6.45) is 0. The van der Waals surface area contributed by atoms with E-state index in [1.165, 1.54) is 0 Å². The molecule has 8 aromatic carbocycles. The van der Waals surface area contributed by atoms with Crippen molar-refractivity contribution in [2.24, 2.45) is 30.0 Å². The van der Waals surface area contributed by atoms with Gasteiger partial charge in [-0.2, -0.15) is 0 Å². The van der Waals surface area contributed by atoms with Crippen LogP contribution in [0.25, 0.3) is 43.1 Å². The molecule has 8 aromatic rings. The molecule has 256 valence electrons. The van der Waals surface area contributed by atoms with Crippen molar-refractivity contribution in [2.45, 2.75) is 0 Å². The summed E-state index contributed by atoms with van der Waals surface area (Å²) in [5, 5.41) is 12.7. The van der Waals surface area contributed by atoms with E-state index in [2.05, 4.69) is 151 Å². The Kier molecular flexibility index (Phi) is 6.71. The van der Waals surface area contributed by atoms with E-state index in [4.69, 9.17) is 30.0 Å². The van der Waals surface area contributed by atoms with Gasteiger partial charge in [-0.3, -0.25) is 0 Å². The summed E-state index contributed by atoms with van der Waals surface area (Å²) in [5.74, 6) is 3.82. The van der Waals surface area contributed by atoms with Gasteiger partial charge in [-0.1, -0.05) is 6.07 Å². The van der Waals surface area contributed by atoms with Crippen LogP contribution in [0.4, 0.5) is 0 Å². The third-order valence-electron chi connectivity index (χ3n) is 11.0. The fraction of sp³-hybridized carbons (Fsp3) is 0. The Bertz CT molecular complexity index is 3330. The van der Waals surface area contributed by atoms with Crippen LogP contribution in [0.5, 0.6) is 0 Å². The number of nitrogens with zero attached hydrogens (tertiary/aromatic N) is 6. The molecular formula is C48H26N7Zn-. The summed E-state index contributed by atoms with van der Waals surface area (Å²) >= 11 is 0.807. The first-order valence-corrected chi connectivity index (χ1v) is 20.0. The Hall–Kier alpha value is -7.02. The molecule has 0 saturated heterocycles. The number of hydrogen-bond donors (Lipinski definition) is 1. The van der Waals surface area contributed by atoms with Crippen LogP contribution in [0.2, 0.25) is 0 Å². The van der Waals surface area contributed by atoms with Crippen molar-refractivity contribution in [3.05, 3.63) is 197 Å². The maximum atomic E-state index is 5.35. The standard InChI is InChI=1S/C48H26N7.Zn/c1-2-10-28-18-36-26-50-44-38-20-30-12-4-6-14-32(30)22-40(38)46(52-44)54-48-42-24-34-16-8-7-15-33(34)23-41(42)47(55-48)53-45-39-21-31-13-5-3-11-29(31)19-37(39)43(51-45)49-25-35(36)17-27(28)9-1;/h1-25H,(H,49,51,52,53,54,55);/q-1;. The van der Waals surface area contributed by atoms with Crippen molar-refractivity contribution in [3.63, 3.8) is 0 Å². The maximum absolute atomic E-state index is 5.35. The van der Waals surface area contributed by atoms with Crippen LogP contribution in [-0.2, 0) is 17.9 Å². The number of hydrogen-bond acceptors (Lipinski definition) is 7. The van der Waals surface area contributed by atoms with E-state index in [9.17, 15) is 0 Å². The zero-order valence-corrected chi connectivity index (χ0v) is 32.8. The molecular weight excluding hydrogens is 740 g/mol. The summed E-state index contributed by atoms with van der Waals surface area (Å²) in [7, 11) is 0. The molecule has 4 aliphatic heterocycles. The Morgan fingerprint density at radius 3 is 1.18 bits per heavy atom. The average molecular weight is 766 g/mol. The van der Waals surface area contributed by atoms with Crippen molar-refractivity contribution >= 4 is 82.3 Å². The second-order valence-electron chi connectivity index (χ2n) is 14.4. The SMILES string of the molecule is [Zn]=[C]1N=C2N=C(NC3=NC(=NC4=NC(=N[CH-]c5cc6ccccc6cc51)c1cc5ccccc5cc14)c1cc4ccccc4cc13)c1cc3ccccc3cc12. The summed E-state index contributed by atoms with van der Waals surface area (Å²) in [6.45, 7) is 1.93. The Balaban J connectivity index is 1.13. The Morgan fingerprint density at radius 2 is 0.696 bits per heavy atom. The number of benzene rings is 8. The van der Waals surface area contributed by atoms with Gasteiger partial charge in [0.1, 0.15) is 0 Å². The predicted octanol–water partition coefficient (Wildman–Crippen LogP) is 9.06. The first-order valence-electron chi connectivity index (χ1n) is 18.5. The van der Waals surface area contributed by atoms with E-state index in [1.54, 1.807) is 0 Å². The molecule has 0 spiro atoms. The molecule has 4 aliphatic rings. The molecule has 0 saturated carbocycles. The van der Waals surface area contributed by atoms with E-state index < -0.39 is 0 Å². The van der Waals surface area contributed by atoms with E-state index in [0.29, 0.717) is 35.0 Å². The van der Waals surface area contributed by atoms with Crippen molar-refractivity contribution < 1.29 is 17.9 Å². The number of fused-ring (bicyclic) bond motifs is 17. The van der Waals surface area contributed by atoms with Crippen LogP contribution < -0.4 is 5.32 Å². The van der Waals surface area contributed by atoms with Gasteiger partial charge in [-0.15, -0.1) is 0 Å². The third-order valence-corrected chi connectivity index (χ3v) is 12.2. The van der Waals surface area contributed by atoms with Crippen LogP contribution in [0, 0.1) is 6.54 Å². The molecule has 56 heavy (non-hydrogen) atoms. The number of amidine groups is 6. The molecule has 7 nitrogen and oxygen atoms in total. The molecule has 8 heteroatoms. The molecule has 0 aromatic heterocycles. The molecule has 0 aliphatic carbocycles. The quantitative estimate of drug-likeness (QED) is 0.121. The summed E-state index contributed by atoms with van der Waals surface area (Å²) in [6, 6.07) is 51.1. The van der Waals surface area contributed by atoms with Gasteiger partial charge in [0.05, 0.1) is 0 Å². The van der Waals surface area contributed by atoms with E-state index in [1.807, 2.05) is 6.54 Å². The third kappa shape index (κ3) is 4.93. The van der Waals surface area contributed by atoms with Crippen molar-refractivity contribution in [2.75, 3.05) is 0 Å². The zero-order chi connectivity index (χ0) is 36.9. The van der Waals surface area contributed by atoms with E-state index in [-0.39, 0.29) is 0 Å². The second kappa shape index (κ2) is 12.0. The second-order valence-corrected chi connectivity index (χ2v) is 15.8. The molecule has 0 unspecified atom stereocenters. The fourth-order valence-corrected chi connectivity index (χ4v) is 9.17. The monoisotopic (exact) mass is 764 g/mol. The summed E-state index contributed by atoms with van der Waals surface area (Å²) in [4.78, 5) is 31.3. The summed E-state index contributed by atoms with van der Waals surface area (Å²) < 4.78 is 0.952. The fourth-order valence-electron chi connectivity index (χ4n) is 8.22. The molecule has 6 bridgehead atoms. The normalized spacial score (nSPS) is 15.4. The number of aliphatic imine (C=N–C) groups is 6. The molecule has 0 amide bonds. The first-order chi connectivity index (χ1) is 27.6. The van der Waals surface area contributed by atoms with Crippen LogP contribution >= 0.6 is 0 Å². The van der Waals surface area contributed by atoms with Crippen LogP contribution in [-0.4, -0.2) is 39.2 Å². The van der Waals surface area contributed by atoms with E-state index >= 15 is 0 Å². The molecule has 4 heterocycles. The summed E-state index contributed by atoms with van der Waals surface area (Å²) in [5.41, 5.74) is 7.68. The molecule has 1 N–H and O–H groups in total.